The van der Waals surface area contributed by atoms with Gasteiger partial charge in [-0.3, -0.25) is 0 Å². The molecule has 0 fully saturated rings. The van der Waals surface area contributed by atoms with Gasteiger partial charge in [-0.2, -0.15) is 0 Å². The molecule has 0 aromatic heterocycles. The Kier molecular flexibility index (Phi) is 10.8. The van der Waals surface area contributed by atoms with Crippen LogP contribution in [-0.2, 0) is 16.1 Å². The summed E-state index contributed by atoms with van der Waals surface area (Å²) in [5.74, 6) is -0.328. The van der Waals surface area contributed by atoms with Gasteiger partial charge in [-0.25, -0.2) is 4.79 Å². The van der Waals surface area contributed by atoms with Crippen molar-refractivity contribution in [2.24, 2.45) is 0 Å². The third-order valence-corrected chi connectivity index (χ3v) is 5.92. The topological polar surface area (TPSA) is 55.8 Å². The van der Waals surface area contributed by atoms with E-state index in [4.69, 9.17) is 9.47 Å². The zero-order valence-corrected chi connectivity index (χ0v) is 20.1. The van der Waals surface area contributed by atoms with Gasteiger partial charge in [-0.05, 0) is 47.7 Å². The van der Waals surface area contributed by atoms with E-state index in [0.29, 0.717) is 12.2 Å². The molecule has 0 radical (unpaired) electrons. The SMILES string of the molecule is CCCCC[C@@H](O)[C@@H](CC/C=C/COC(=O)c1ccc2ccccc2c1)OCc1ccccc1. The normalized spacial score (nSPS) is 13.2. The summed E-state index contributed by atoms with van der Waals surface area (Å²) in [5.41, 5.74) is 1.65. The number of benzene rings is 3. The third-order valence-electron chi connectivity index (χ3n) is 5.92. The van der Waals surface area contributed by atoms with E-state index in [2.05, 4.69) is 6.92 Å². The molecule has 4 nitrogen and oxygen atoms in total. The van der Waals surface area contributed by atoms with Crippen LogP contribution in [0.4, 0.5) is 0 Å². The van der Waals surface area contributed by atoms with Crippen molar-refractivity contribution in [1.82, 2.24) is 0 Å². The van der Waals surface area contributed by atoms with Gasteiger partial charge in [0.15, 0.2) is 0 Å². The zero-order chi connectivity index (χ0) is 24.0. The second-order valence-electron chi connectivity index (χ2n) is 8.61. The van der Waals surface area contributed by atoms with Crippen LogP contribution in [0.2, 0.25) is 0 Å². The summed E-state index contributed by atoms with van der Waals surface area (Å²) in [5, 5.41) is 12.8. The molecule has 0 aliphatic rings. The molecule has 0 saturated heterocycles. The van der Waals surface area contributed by atoms with E-state index in [1.807, 2.05) is 78.9 Å². The van der Waals surface area contributed by atoms with Gasteiger partial charge in [0.2, 0.25) is 0 Å². The van der Waals surface area contributed by atoms with Crippen LogP contribution in [0.15, 0.2) is 84.9 Å². The molecule has 0 saturated carbocycles. The Morgan fingerprint density at radius 2 is 1.68 bits per heavy atom. The lowest BCUT2D eigenvalue weighted by Gasteiger charge is -2.23. The number of fused-ring (bicyclic) bond motifs is 1. The maximum Gasteiger partial charge on any atom is 0.338 e. The van der Waals surface area contributed by atoms with Crippen molar-refractivity contribution in [3.05, 3.63) is 96.1 Å². The lowest BCUT2D eigenvalue weighted by Crippen LogP contribution is -2.29. The van der Waals surface area contributed by atoms with E-state index in [1.54, 1.807) is 6.07 Å². The first-order valence-corrected chi connectivity index (χ1v) is 12.3. The number of hydrogen-bond donors (Lipinski definition) is 1. The molecule has 34 heavy (non-hydrogen) atoms. The van der Waals surface area contributed by atoms with Gasteiger partial charge in [-0.15, -0.1) is 0 Å². The maximum atomic E-state index is 12.4. The first kappa shape index (κ1) is 25.7. The van der Waals surface area contributed by atoms with Gasteiger partial charge in [0.25, 0.3) is 0 Å². The summed E-state index contributed by atoms with van der Waals surface area (Å²) >= 11 is 0. The number of carbonyl (C=O) groups is 1. The Hall–Kier alpha value is -2.95. The summed E-state index contributed by atoms with van der Waals surface area (Å²) in [6, 6.07) is 23.6. The molecule has 180 valence electrons. The number of esters is 1. The lowest BCUT2D eigenvalue weighted by molar-refractivity contribution is -0.0527. The second-order valence-corrected chi connectivity index (χ2v) is 8.61. The molecular formula is C30H36O4. The van der Waals surface area contributed by atoms with Crippen molar-refractivity contribution in [3.8, 4) is 0 Å². The highest BCUT2D eigenvalue weighted by Gasteiger charge is 2.19. The monoisotopic (exact) mass is 460 g/mol. The minimum Gasteiger partial charge on any atom is -0.458 e. The highest BCUT2D eigenvalue weighted by molar-refractivity contribution is 5.95. The number of unbranched alkanes of at least 4 members (excludes halogenated alkanes) is 2. The van der Waals surface area contributed by atoms with Gasteiger partial charge in [0.05, 0.1) is 24.4 Å². The van der Waals surface area contributed by atoms with Crippen LogP contribution in [0.25, 0.3) is 10.8 Å². The molecule has 1 N–H and O–H groups in total. The smallest absolute Gasteiger partial charge is 0.338 e. The van der Waals surface area contributed by atoms with E-state index in [9.17, 15) is 9.90 Å². The molecule has 3 aromatic carbocycles. The quantitative estimate of drug-likeness (QED) is 0.162. The van der Waals surface area contributed by atoms with Crippen LogP contribution in [0.1, 0.15) is 61.4 Å². The van der Waals surface area contributed by atoms with Crippen LogP contribution in [0.3, 0.4) is 0 Å². The lowest BCUT2D eigenvalue weighted by atomic mass is 10.0. The van der Waals surface area contributed by atoms with E-state index >= 15 is 0 Å². The molecule has 0 unspecified atom stereocenters. The van der Waals surface area contributed by atoms with Crippen LogP contribution >= 0.6 is 0 Å². The largest absolute Gasteiger partial charge is 0.458 e. The van der Waals surface area contributed by atoms with Gasteiger partial charge in [0, 0.05) is 0 Å². The molecule has 2 atom stereocenters. The van der Waals surface area contributed by atoms with Gasteiger partial charge >= 0.3 is 5.97 Å². The first-order valence-electron chi connectivity index (χ1n) is 12.3. The fraction of sp³-hybridized carbons (Fsp3) is 0.367. The summed E-state index contributed by atoms with van der Waals surface area (Å²) < 4.78 is 11.5. The molecule has 0 amide bonds. The van der Waals surface area contributed by atoms with Crippen molar-refractivity contribution >= 4 is 16.7 Å². The molecule has 0 aliphatic carbocycles. The second kappa shape index (κ2) is 14.3. The minimum absolute atomic E-state index is 0.220. The maximum absolute atomic E-state index is 12.4. The molecule has 0 aliphatic heterocycles. The van der Waals surface area contributed by atoms with Crippen LogP contribution < -0.4 is 0 Å². The number of hydrogen-bond acceptors (Lipinski definition) is 4. The Morgan fingerprint density at radius 1 is 0.912 bits per heavy atom. The van der Waals surface area contributed by atoms with Gasteiger partial charge < -0.3 is 14.6 Å². The Balaban J connectivity index is 1.44. The molecule has 3 rings (SSSR count). The summed E-state index contributed by atoms with van der Waals surface area (Å²) in [6.45, 7) is 2.87. The van der Waals surface area contributed by atoms with E-state index in [-0.39, 0.29) is 18.7 Å². The summed E-state index contributed by atoms with van der Waals surface area (Å²) in [6.07, 6.45) is 8.61. The highest BCUT2D eigenvalue weighted by Crippen LogP contribution is 2.18. The van der Waals surface area contributed by atoms with Crippen LogP contribution in [-0.4, -0.2) is 29.9 Å². The first-order chi connectivity index (χ1) is 16.7. The predicted molar refractivity (Wildman–Crippen MR) is 138 cm³/mol. The van der Waals surface area contributed by atoms with Crippen molar-refractivity contribution in [2.45, 2.75) is 64.3 Å². The van der Waals surface area contributed by atoms with Gasteiger partial charge in [0.1, 0.15) is 6.61 Å². The number of allylic oxidation sites excluding steroid dienone is 1. The minimum atomic E-state index is -0.477. The van der Waals surface area contributed by atoms with Crippen molar-refractivity contribution in [2.75, 3.05) is 6.61 Å². The van der Waals surface area contributed by atoms with Crippen LogP contribution in [0, 0.1) is 0 Å². The van der Waals surface area contributed by atoms with Crippen molar-refractivity contribution in [1.29, 1.82) is 0 Å². The molecular weight excluding hydrogens is 424 g/mol. The highest BCUT2D eigenvalue weighted by atomic mass is 16.5. The molecule has 0 spiro atoms. The van der Waals surface area contributed by atoms with Crippen LogP contribution in [0.5, 0.6) is 0 Å². The number of aliphatic hydroxyl groups excluding tert-OH is 1. The Bertz CT molecular complexity index is 1030. The zero-order valence-electron chi connectivity index (χ0n) is 20.1. The van der Waals surface area contributed by atoms with E-state index in [1.165, 1.54) is 0 Å². The Morgan fingerprint density at radius 3 is 2.47 bits per heavy atom. The number of aliphatic hydroxyl groups is 1. The molecule has 0 bridgehead atoms. The predicted octanol–water partition coefficient (Wildman–Crippen LogP) is 6.86. The molecule has 0 heterocycles. The number of ether oxygens (including phenoxy) is 2. The fourth-order valence-corrected chi connectivity index (χ4v) is 3.92. The Labute approximate surface area is 203 Å². The third kappa shape index (κ3) is 8.44. The number of rotatable bonds is 14. The average molecular weight is 461 g/mol. The van der Waals surface area contributed by atoms with Crippen molar-refractivity contribution < 1.29 is 19.4 Å². The molecule has 4 heteroatoms. The summed E-state index contributed by atoms with van der Waals surface area (Å²) in [4.78, 5) is 12.4. The molecule has 3 aromatic rings. The van der Waals surface area contributed by atoms with Gasteiger partial charge in [-0.1, -0.05) is 99.0 Å². The average Bonchev–Trinajstić information content (AvgIpc) is 2.88. The van der Waals surface area contributed by atoms with Crippen molar-refractivity contribution in [3.63, 3.8) is 0 Å². The number of carbonyl (C=O) groups excluding carboxylic acids is 1. The van der Waals surface area contributed by atoms with E-state index in [0.717, 1.165) is 54.9 Å². The summed E-state index contributed by atoms with van der Waals surface area (Å²) in [7, 11) is 0. The van der Waals surface area contributed by atoms with E-state index < -0.39 is 6.10 Å². The standard InChI is InChI=1S/C30H36O4/c1-2-3-6-17-28(31)29(34-23-24-13-7-4-8-14-24)18-9-5-12-21-33-30(32)27-20-19-25-15-10-11-16-26(25)22-27/h4-5,7-8,10-16,19-20,22,28-29,31H,2-3,6,9,17-18,21,23H2,1H3/b12-5+/t28-,29-/m1/s1. The fourth-order valence-electron chi connectivity index (χ4n) is 3.92.